The molecule has 1 aromatic rings. The van der Waals surface area contributed by atoms with E-state index in [1.165, 1.54) is 37.8 Å². The molecule has 3 rings (SSSR count). The van der Waals surface area contributed by atoms with E-state index in [2.05, 4.69) is 12.2 Å². The number of rotatable bonds is 8. The maximum Gasteiger partial charge on any atom is 0.416 e. The van der Waals surface area contributed by atoms with Crippen LogP contribution in [0.3, 0.4) is 0 Å². The van der Waals surface area contributed by atoms with Crippen molar-refractivity contribution < 1.29 is 18.0 Å². The molecule has 0 bridgehead atoms. The van der Waals surface area contributed by atoms with E-state index in [0.717, 1.165) is 44.6 Å². The molecule has 2 nitrogen and oxygen atoms in total. The van der Waals surface area contributed by atoms with E-state index in [-0.39, 0.29) is 17.9 Å². The highest BCUT2D eigenvalue weighted by molar-refractivity contribution is 5.96. The largest absolute Gasteiger partial charge is 0.416 e. The first-order valence-electron chi connectivity index (χ1n) is 10.4. The molecule has 0 aliphatic heterocycles. The maximum absolute atomic E-state index is 13.0. The highest BCUT2D eigenvalue weighted by Crippen LogP contribution is 2.44. The Kier molecular flexibility index (Phi) is 6.48. The van der Waals surface area contributed by atoms with Gasteiger partial charge in [0.2, 0.25) is 0 Å². The Bertz CT molecular complexity index is 651. The van der Waals surface area contributed by atoms with E-state index < -0.39 is 11.7 Å². The van der Waals surface area contributed by atoms with Crippen LogP contribution < -0.4 is 5.32 Å². The Labute approximate surface area is 159 Å². The Morgan fingerprint density at radius 1 is 1.11 bits per heavy atom. The fourth-order valence-corrected chi connectivity index (χ4v) is 4.33. The summed E-state index contributed by atoms with van der Waals surface area (Å²) >= 11 is 0. The molecule has 0 heterocycles. The van der Waals surface area contributed by atoms with Gasteiger partial charge in [0.15, 0.2) is 0 Å². The van der Waals surface area contributed by atoms with Crippen LogP contribution in [0.4, 0.5) is 13.2 Å². The molecule has 0 aromatic heterocycles. The summed E-state index contributed by atoms with van der Waals surface area (Å²) in [4.78, 5) is 12.8. The molecular weight excluding hydrogens is 351 g/mol. The minimum absolute atomic E-state index is 0.0986. The topological polar surface area (TPSA) is 29.1 Å². The summed E-state index contributed by atoms with van der Waals surface area (Å²) in [7, 11) is 0. The van der Waals surface area contributed by atoms with E-state index in [4.69, 9.17) is 0 Å². The standard InChI is InChI=1S/C22H30F3NO/c1-2-3-4-5-7-16-8-6-9-20(16)26-21(27)18-13-12-17(22(23,24)25)14-19(18)15-10-11-15/h12-16,20H,2-11H2,1H3,(H,26,27)/t16-,20+/m1/s1. The lowest BCUT2D eigenvalue weighted by atomic mass is 9.94. The van der Waals surface area contributed by atoms with Gasteiger partial charge in [-0.1, -0.05) is 39.0 Å². The summed E-state index contributed by atoms with van der Waals surface area (Å²) in [5, 5.41) is 3.15. The average molecular weight is 381 g/mol. The normalized spacial score (nSPS) is 22.8. The quantitative estimate of drug-likeness (QED) is 0.515. The van der Waals surface area contributed by atoms with Gasteiger partial charge in [0.1, 0.15) is 0 Å². The number of amides is 1. The van der Waals surface area contributed by atoms with Crippen molar-refractivity contribution >= 4 is 5.91 Å². The lowest BCUT2D eigenvalue weighted by molar-refractivity contribution is -0.137. The van der Waals surface area contributed by atoms with Crippen LogP contribution in [0.5, 0.6) is 0 Å². The average Bonchev–Trinajstić information content (AvgIpc) is 3.39. The second-order valence-corrected chi connectivity index (χ2v) is 8.19. The number of hydrogen-bond acceptors (Lipinski definition) is 1. The van der Waals surface area contributed by atoms with Crippen LogP contribution in [-0.2, 0) is 6.18 Å². The molecule has 2 saturated carbocycles. The van der Waals surface area contributed by atoms with Crippen molar-refractivity contribution in [3.63, 3.8) is 0 Å². The summed E-state index contributed by atoms with van der Waals surface area (Å²) < 4.78 is 39.1. The molecule has 0 radical (unpaired) electrons. The van der Waals surface area contributed by atoms with Crippen molar-refractivity contribution in [1.29, 1.82) is 0 Å². The number of carbonyl (C=O) groups is 1. The van der Waals surface area contributed by atoms with Gasteiger partial charge in [-0.15, -0.1) is 0 Å². The zero-order valence-corrected chi connectivity index (χ0v) is 16.1. The summed E-state index contributed by atoms with van der Waals surface area (Å²) in [6, 6.07) is 3.76. The maximum atomic E-state index is 13.0. The minimum Gasteiger partial charge on any atom is -0.349 e. The summed E-state index contributed by atoms with van der Waals surface area (Å²) in [6.45, 7) is 2.19. The number of unbranched alkanes of at least 4 members (excludes halogenated alkanes) is 3. The number of halogens is 3. The van der Waals surface area contributed by atoms with E-state index in [1.807, 2.05) is 0 Å². The van der Waals surface area contributed by atoms with Crippen molar-refractivity contribution in [3.8, 4) is 0 Å². The Morgan fingerprint density at radius 3 is 2.56 bits per heavy atom. The second-order valence-electron chi connectivity index (χ2n) is 8.19. The van der Waals surface area contributed by atoms with Gasteiger partial charge >= 0.3 is 6.18 Å². The Hall–Kier alpha value is -1.52. The lowest BCUT2D eigenvalue weighted by Gasteiger charge is -2.22. The fraction of sp³-hybridized carbons (Fsp3) is 0.682. The van der Waals surface area contributed by atoms with Crippen LogP contribution >= 0.6 is 0 Å². The van der Waals surface area contributed by atoms with Gasteiger partial charge in [-0.2, -0.15) is 13.2 Å². The molecule has 5 heteroatoms. The summed E-state index contributed by atoms with van der Waals surface area (Å²) in [5.74, 6) is 0.405. The molecule has 2 fully saturated rings. The van der Waals surface area contributed by atoms with Crippen LogP contribution in [0.25, 0.3) is 0 Å². The van der Waals surface area contributed by atoms with Gasteiger partial charge in [0, 0.05) is 11.6 Å². The fourth-order valence-electron chi connectivity index (χ4n) is 4.33. The smallest absolute Gasteiger partial charge is 0.349 e. The predicted molar refractivity (Wildman–Crippen MR) is 101 cm³/mol. The van der Waals surface area contributed by atoms with Gasteiger partial charge in [-0.3, -0.25) is 4.79 Å². The lowest BCUT2D eigenvalue weighted by Crippen LogP contribution is -2.37. The van der Waals surface area contributed by atoms with Crippen LogP contribution in [0, 0.1) is 5.92 Å². The van der Waals surface area contributed by atoms with Crippen molar-refractivity contribution in [1.82, 2.24) is 5.32 Å². The zero-order valence-electron chi connectivity index (χ0n) is 16.1. The molecule has 1 amide bonds. The molecule has 150 valence electrons. The van der Waals surface area contributed by atoms with Gasteiger partial charge in [0.25, 0.3) is 5.91 Å². The molecule has 2 atom stereocenters. The Morgan fingerprint density at radius 2 is 1.89 bits per heavy atom. The molecule has 2 aliphatic carbocycles. The SMILES string of the molecule is CCCCCC[C@@H]1CCC[C@@H]1NC(=O)c1ccc(C(F)(F)F)cc1C1CC1. The van der Waals surface area contributed by atoms with E-state index >= 15 is 0 Å². The van der Waals surface area contributed by atoms with E-state index in [9.17, 15) is 18.0 Å². The summed E-state index contributed by atoms with van der Waals surface area (Å²) in [5.41, 5.74) is 0.345. The number of carbonyl (C=O) groups excluding carboxylic acids is 1. The highest BCUT2D eigenvalue weighted by Gasteiger charge is 2.36. The Balaban J connectivity index is 1.66. The van der Waals surface area contributed by atoms with Gasteiger partial charge in [0.05, 0.1) is 5.56 Å². The number of nitrogens with one attached hydrogen (secondary N) is 1. The van der Waals surface area contributed by atoms with Crippen LogP contribution in [0.1, 0.15) is 98.5 Å². The highest BCUT2D eigenvalue weighted by atomic mass is 19.4. The molecule has 1 N–H and O–H groups in total. The third-order valence-electron chi connectivity index (χ3n) is 6.04. The monoisotopic (exact) mass is 381 g/mol. The van der Waals surface area contributed by atoms with Gasteiger partial charge in [-0.25, -0.2) is 0 Å². The molecule has 1 aromatic carbocycles. The molecule has 0 saturated heterocycles. The van der Waals surface area contributed by atoms with Crippen molar-refractivity contribution in [2.75, 3.05) is 0 Å². The van der Waals surface area contributed by atoms with Crippen molar-refractivity contribution in [2.45, 2.75) is 89.3 Å². The number of benzene rings is 1. The third kappa shape index (κ3) is 5.26. The van der Waals surface area contributed by atoms with Crippen LogP contribution in [0.2, 0.25) is 0 Å². The zero-order chi connectivity index (χ0) is 19.4. The summed E-state index contributed by atoms with van der Waals surface area (Å²) in [6.07, 6.45) is 6.62. The first kappa shape index (κ1) is 20.2. The van der Waals surface area contributed by atoms with Crippen LogP contribution in [-0.4, -0.2) is 11.9 Å². The number of hydrogen-bond donors (Lipinski definition) is 1. The second kappa shape index (κ2) is 8.66. The molecule has 0 spiro atoms. The molecular formula is C22H30F3NO. The van der Waals surface area contributed by atoms with Gasteiger partial charge in [-0.05, 0) is 67.7 Å². The van der Waals surface area contributed by atoms with E-state index in [1.54, 1.807) is 0 Å². The first-order valence-corrected chi connectivity index (χ1v) is 10.4. The number of alkyl halides is 3. The predicted octanol–water partition coefficient (Wildman–Crippen LogP) is 6.45. The first-order chi connectivity index (χ1) is 12.9. The molecule has 27 heavy (non-hydrogen) atoms. The van der Waals surface area contributed by atoms with E-state index in [0.29, 0.717) is 17.0 Å². The molecule has 2 aliphatic rings. The van der Waals surface area contributed by atoms with Crippen LogP contribution in [0.15, 0.2) is 18.2 Å². The third-order valence-corrected chi connectivity index (χ3v) is 6.04. The molecule has 0 unspecified atom stereocenters. The van der Waals surface area contributed by atoms with Crippen molar-refractivity contribution in [3.05, 3.63) is 34.9 Å². The van der Waals surface area contributed by atoms with Crippen molar-refractivity contribution in [2.24, 2.45) is 5.92 Å². The van der Waals surface area contributed by atoms with Gasteiger partial charge < -0.3 is 5.32 Å². The minimum atomic E-state index is -4.37.